The predicted octanol–water partition coefficient (Wildman–Crippen LogP) is 1.80. The maximum atomic E-state index is 12.6. The summed E-state index contributed by atoms with van der Waals surface area (Å²) in [7, 11) is 2.09. The first-order valence-electron chi connectivity index (χ1n) is 9.88. The van der Waals surface area contributed by atoms with Gasteiger partial charge in [0, 0.05) is 25.7 Å². The van der Waals surface area contributed by atoms with Crippen LogP contribution in [0.1, 0.15) is 52.4 Å². The third kappa shape index (κ3) is 6.01. The van der Waals surface area contributed by atoms with Crippen molar-refractivity contribution >= 4 is 5.91 Å². The summed E-state index contributed by atoms with van der Waals surface area (Å²) in [5, 5.41) is 9.49. The summed E-state index contributed by atoms with van der Waals surface area (Å²) in [6.45, 7) is 9.50. The van der Waals surface area contributed by atoms with Crippen molar-refractivity contribution in [3.63, 3.8) is 0 Å². The highest BCUT2D eigenvalue weighted by Gasteiger charge is 2.27. The zero-order valence-electron chi connectivity index (χ0n) is 15.9. The zero-order chi connectivity index (χ0) is 17.5. The Labute approximate surface area is 148 Å². The summed E-state index contributed by atoms with van der Waals surface area (Å²) in [6, 6.07) is 0.461. The molecule has 2 atom stereocenters. The molecule has 2 fully saturated rings. The quantitative estimate of drug-likeness (QED) is 0.768. The van der Waals surface area contributed by atoms with Crippen LogP contribution in [0.2, 0.25) is 0 Å². The summed E-state index contributed by atoms with van der Waals surface area (Å²) in [5.74, 6) is 0.993. The van der Waals surface area contributed by atoms with Gasteiger partial charge in [-0.05, 0) is 71.5 Å². The van der Waals surface area contributed by atoms with E-state index >= 15 is 0 Å². The highest BCUT2D eigenvalue weighted by molar-refractivity contribution is 5.78. The van der Waals surface area contributed by atoms with Gasteiger partial charge in [0.25, 0.3) is 0 Å². The molecule has 0 radical (unpaired) electrons. The topological polar surface area (TPSA) is 47.0 Å². The largest absolute Gasteiger partial charge is 0.392 e. The lowest BCUT2D eigenvalue weighted by Gasteiger charge is -2.37. The van der Waals surface area contributed by atoms with E-state index in [1.165, 1.54) is 25.7 Å². The van der Waals surface area contributed by atoms with Crippen LogP contribution in [0.4, 0.5) is 0 Å². The lowest BCUT2D eigenvalue weighted by molar-refractivity contribution is -0.136. The zero-order valence-corrected chi connectivity index (χ0v) is 15.9. The Morgan fingerprint density at radius 3 is 2.54 bits per heavy atom. The van der Waals surface area contributed by atoms with Crippen molar-refractivity contribution in [1.29, 1.82) is 0 Å². The molecule has 0 spiro atoms. The first kappa shape index (κ1) is 19.7. The van der Waals surface area contributed by atoms with Gasteiger partial charge < -0.3 is 14.9 Å². The van der Waals surface area contributed by atoms with Crippen molar-refractivity contribution in [2.24, 2.45) is 5.92 Å². The Morgan fingerprint density at radius 2 is 1.92 bits per heavy atom. The molecule has 24 heavy (non-hydrogen) atoms. The third-order valence-electron chi connectivity index (χ3n) is 5.62. The van der Waals surface area contributed by atoms with Crippen LogP contribution < -0.4 is 0 Å². The molecule has 1 N–H and O–H groups in total. The number of amides is 1. The second-order valence-corrected chi connectivity index (χ2v) is 7.93. The van der Waals surface area contributed by atoms with Crippen molar-refractivity contribution < 1.29 is 9.90 Å². The molecule has 2 saturated heterocycles. The Kier molecular flexibility index (Phi) is 7.98. The molecule has 2 rings (SSSR count). The molecule has 0 aliphatic carbocycles. The van der Waals surface area contributed by atoms with E-state index in [1.807, 2.05) is 6.92 Å². The normalized spacial score (nSPS) is 25.2. The molecular weight excluding hydrogens is 302 g/mol. The van der Waals surface area contributed by atoms with Crippen LogP contribution in [-0.4, -0.2) is 84.2 Å². The average Bonchev–Trinajstić information content (AvgIpc) is 2.56. The van der Waals surface area contributed by atoms with Crippen molar-refractivity contribution in [3.8, 4) is 0 Å². The fourth-order valence-electron chi connectivity index (χ4n) is 4.31. The number of nitrogens with zero attached hydrogens (tertiary/aromatic N) is 3. The first-order chi connectivity index (χ1) is 11.5. The molecule has 1 amide bonds. The molecule has 0 aromatic rings. The number of likely N-dealkylation sites (tertiary alicyclic amines) is 2. The first-order valence-corrected chi connectivity index (χ1v) is 9.88. The van der Waals surface area contributed by atoms with Gasteiger partial charge in [-0.2, -0.15) is 0 Å². The Balaban J connectivity index is 1.71. The molecule has 5 heteroatoms. The van der Waals surface area contributed by atoms with E-state index in [1.54, 1.807) is 0 Å². The molecule has 0 bridgehead atoms. The van der Waals surface area contributed by atoms with Crippen molar-refractivity contribution in [1.82, 2.24) is 14.7 Å². The summed E-state index contributed by atoms with van der Waals surface area (Å²) in [4.78, 5) is 19.3. The van der Waals surface area contributed by atoms with E-state index in [9.17, 15) is 9.90 Å². The number of likely N-dealkylation sites (N-methyl/N-ethyl adjacent to an activating group) is 1. The number of hydrogen-bond acceptors (Lipinski definition) is 4. The van der Waals surface area contributed by atoms with E-state index in [0.29, 0.717) is 24.4 Å². The number of aliphatic hydroxyl groups is 1. The van der Waals surface area contributed by atoms with Gasteiger partial charge in [-0.25, -0.2) is 0 Å². The second-order valence-electron chi connectivity index (χ2n) is 7.93. The third-order valence-corrected chi connectivity index (χ3v) is 5.62. The van der Waals surface area contributed by atoms with Gasteiger partial charge in [0.1, 0.15) is 0 Å². The SMILES string of the molecule is CC[C@@H]1CCCCN1C(=O)CN(C)CC1CCN(C[C@@H](C)O)CC1. The van der Waals surface area contributed by atoms with Crippen LogP contribution in [-0.2, 0) is 4.79 Å². The number of hydrogen-bond donors (Lipinski definition) is 1. The standard InChI is InChI=1S/C19H37N3O2/c1-4-18-7-5-6-10-22(18)19(24)15-20(3)14-17-8-11-21(12-9-17)13-16(2)23/h16-18,23H,4-15H2,1-3H3/t16-,18-/m1/s1. The van der Waals surface area contributed by atoms with Crippen LogP contribution in [0.3, 0.4) is 0 Å². The lowest BCUT2D eigenvalue weighted by atomic mass is 9.96. The maximum absolute atomic E-state index is 12.6. The second kappa shape index (κ2) is 9.73. The fraction of sp³-hybridized carbons (Fsp3) is 0.947. The van der Waals surface area contributed by atoms with E-state index in [2.05, 4.69) is 28.7 Å². The van der Waals surface area contributed by atoms with Crippen LogP contribution in [0.15, 0.2) is 0 Å². The Bertz CT molecular complexity index is 381. The molecule has 5 nitrogen and oxygen atoms in total. The van der Waals surface area contributed by atoms with Crippen molar-refractivity contribution in [2.45, 2.75) is 64.5 Å². The van der Waals surface area contributed by atoms with E-state index in [0.717, 1.165) is 45.6 Å². The minimum absolute atomic E-state index is 0.238. The Morgan fingerprint density at radius 1 is 1.21 bits per heavy atom. The molecule has 0 aromatic heterocycles. The maximum Gasteiger partial charge on any atom is 0.236 e. The molecule has 140 valence electrons. The van der Waals surface area contributed by atoms with Gasteiger partial charge in [0.15, 0.2) is 0 Å². The smallest absolute Gasteiger partial charge is 0.236 e. The molecular formula is C19H37N3O2. The number of aliphatic hydroxyl groups excluding tert-OH is 1. The number of carbonyl (C=O) groups excluding carboxylic acids is 1. The molecule has 0 saturated carbocycles. The number of piperidine rings is 2. The van der Waals surface area contributed by atoms with Gasteiger partial charge in [-0.3, -0.25) is 9.69 Å². The predicted molar refractivity (Wildman–Crippen MR) is 98.0 cm³/mol. The van der Waals surface area contributed by atoms with Crippen LogP contribution in [0.25, 0.3) is 0 Å². The van der Waals surface area contributed by atoms with Crippen LogP contribution in [0.5, 0.6) is 0 Å². The van der Waals surface area contributed by atoms with Crippen LogP contribution in [0, 0.1) is 5.92 Å². The molecule has 2 aliphatic rings. The minimum atomic E-state index is -0.238. The van der Waals surface area contributed by atoms with Gasteiger partial charge in [0.2, 0.25) is 5.91 Å². The summed E-state index contributed by atoms with van der Waals surface area (Å²) >= 11 is 0. The summed E-state index contributed by atoms with van der Waals surface area (Å²) < 4.78 is 0. The van der Waals surface area contributed by atoms with E-state index < -0.39 is 0 Å². The molecule has 0 unspecified atom stereocenters. The molecule has 0 aromatic carbocycles. The highest BCUT2D eigenvalue weighted by Crippen LogP contribution is 2.21. The van der Waals surface area contributed by atoms with Gasteiger partial charge in [-0.1, -0.05) is 6.92 Å². The summed E-state index contributed by atoms with van der Waals surface area (Å²) in [6.07, 6.45) is 6.79. The van der Waals surface area contributed by atoms with Crippen molar-refractivity contribution in [2.75, 3.05) is 46.3 Å². The van der Waals surface area contributed by atoms with Gasteiger partial charge in [0.05, 0.1) is 12.6 Å². The average molecular weight is 340 g/mol. The van der Waals surface area contributed by atoms with Gasteiger partial charge in [-0.15, -0.1) is 0 Å². The van der Waals surface area contributed by atoms with E-state index in [-0.39, 0.29) is 6.10 Å². The number of β-amino-alcohol motifs (C(OH)–C–C–N with tert-alkyl or cyclic N) is 1. The number of carbonyl (C=O) groups is 1. The van der Waals surface area contributed by atoms with Crippen molar-refractivity contribution in [3.05, 3.63) is 0 Å². The molecule has 2 heterocycles. The highest BCUT2D eigenvalue weighted by atomic mass is 16.3. The Hall–Kier alpha value is -0.650. The lowest BCUT2D eigenvalue weighted by Crippen LogP contribution is -2.48. The van der Waals surface area contributed by atoms with Crippen LogP contribution >= 0.6 is 0 Å². The molecule has 2 aliphatic heterocycles. The fourth-order valence-corrected chi connectivity index (χ4v) is 4.31. The van der Waals surface area contributed by atoms with Gasteiger partial charge >= 0.3 is 0 Å². The minimum Gasteiger partial charge on any atom is -0.392 e. The van der Waals surface area contributed by atoms with E-state index in [4.69, 9.17) is 0 Å². The monoisotopic (exact) mass is 339 g/mol. The number of rotatable bonds is 7. The summed E-state index contributed by atoms with van der Waals surface area (Å²) in [5.41, 5.74) is 0.